The molecule has 1 unspecified atom stereocenters. The number of aryl methyl sites for hydroxylation is 1. The van der Waals surface area contributed by atoms with Crippen molar-refractivity contribution >= 4 is 44.4 Å². The van der Waals surface area contributed by atoms with Crippen LogP contribution in [0, 0.1) is 0 Å². The minimum atomic E-state index is -0.266. The van der Waals surface area contributed by atoms with Crippen molar-refractivity contribution in [3.8, 4) is 5.75 Å². The summed E-state index contributed by atoms with van der Waals surface area (Å²) < 4.78 is 8.06. The van der Waals surface area contributed by atoms with Gasteiger partial charge in [0.15, 0.2) is 10.3 Å². The number of aromatic nitrogens is 3. The fraction of sp³-hybridized carbons (Fsp3) is 0.267. The van der Waals surface area contributed by atoms with E-state index >= 15 is 0 Å². The number of carbonyl (C=O) groups is 1. The molecule has 1 aromatic carbocycles. The normalized spacial score (nSPS) is 12.3. The number of hydrogen-bond donors (Lipinski definition) is 1. The number of anilines is 1. The molecule has 2 heterocycles. The van der Waals surface area contributed by atoms with Crippen molar-refractivity contribution in [1.82, 2.24) is 14.5 Å². The molecule has 1 N–H and O–H groups in total. The molecule has 0 fully saturated rings. The van der Waals surface area contributed by atoms with E-state index in [9.17, 15) is 4.79 Å². The van der Waals surface area contributed by atoms with Crippen molar-refractivity contribution in [2.24, 2.45) is 7.05 Å². The number of imidazole rings is 1. The molecule has 3 aromatic rings. The second-order valence-corrected chi connectivity index (χ2v) is 7.26. The van der Waals surface area contributed by atoms with E-state index in [2.05, 4.69) is 15.3 Å². The third-order valence-corrected chi connectivity index (χ3v) is 5.36. The Morgan fingerprint density at radius 3 is 3.00 bits per heavy atom. The van der Waals surface area contributed by atoms with Crippen LogP contribution in [0.25, 0.3) is 10.2 Å². The Kier molecular flexibility index (Phi) is 4.53. The first-order valence-electron chi connectivity index (χ1n) is 6.96. The number of thiazole rings is 1. The summed E-state index contributed by atoms with van der Waals surface area (Å²) in [6.45, 7) is 1.85. The van der Waals surface area contributed by atoms with Gasteiger partial charge in [-0.25, -0.2) is 9.97 Å². The molecule has 3 rings (SSSR count). The van der Waals surface area contributed by atoms with E-state index in [1.807, 2.05) is 42.9 Å². The van der Waals surface area contributed by atoms with Crippen molar-refractivity contribution in [2.45, 2.75) is 17.3 Å². The fourth-order valence-corrected chi connectivity index (χ4v) is 3.70. The van der Waals surface area contributed by atoms with Crippen molar-refractivity contribution < 1.29 is 9.53 Å². The highest BCUT2D eigenvalue weighted by Gasteiger charge is 2.18. The van der Waals surface area contributed by atoms with Crippen molar-refractivity contribution in [2.75, 3.05) is 12.4 Å². The van der Waals surface area contributed by atoms with E-state index in [1.54, 1.807) is 13.3 Å². The number of amides is 1. The van der Waals surface area contributed by atoms with E-state index in [4.69, 9.17) is 4.74 Å². The molecule has 1 atom stereocenters. The van der Waals surface area contributed by atoms with Crippen LogP contribution in [-0.2, 0) is 11.8 Å². The Morgan fingerprint density at radius 2 is 2.30 bits per heavy atom. The van der Waals surface area contributed by atoms with Crippen LogP contribution in [-0.4, -0.2) is 32.8 Å². The lowest BCUT2D eigenvalue weighted by atomic mass is 10.3. The summed E-state index contributed by atoms with van der Waals surface area (Å²) >= 11 is 2.84. The Balaban J connectivity index is 1.70. The van der Waals surface area contributed by atoms with Gasteiger partial charge >= 0.3 is 0 Å². The maximum atomic E-state index is 12.3. The predicted molar refractivity (Wildman–Crippen MR) is 93.3 cm³/mol. The summed E-state index contributed by atoms with van der Waals surface area (Å²) in [6.07, 6.45) is 3.57. The Labute approximate surface area is 141 Å². The predicted octanol–water partition coefficient (Wildman–Crippen LogP) is 3.16. The number of rotatable bonds is 5. The number of ether oxygens (including phenoxy) is 1. The molecule has 2 aromatic heterocycles. The van der Waals surface area contributed by atoms with Gasteiger partial charge in [-0.05, 0) is 25.1 Å². The summed E-state index contributed by atoms with van der Waals surface area (Å²) in [4.78, 5) is 21.0. The highest BCUT2D eigenvalue weighted by molar-refractivity contribution is 8.00. The standard InChI is InChI=1S/C15H16N4O2S2/c1-9(22-15-16-6-7-19(15)2)13(20)18-14-17-11-5-4-10(21-3)8-12(11)23-14/h4-9H,1-3H3,(H,17,18,20). The number of benzene rings is 1. The summed E-state index contributed by atoms with van der Waals surface area (Å²) in [6, 6.07) is 5.65. The van der Waals surface area contributed by atoms with Gasteiger partial charge < -0.3 is 14.6 Å². The maximum absolute atomic E-state index is 12.3. The summed E-state index contributed by atoms with van der Waals surface area (Å²) in [5, 5.41) is 4.00. The smallest absolute Gasteiger partial charge is 0.239 e. The van der Waals surface area contributed by atoms with Gasteiger partial charge in [-0.3, -0.25) is 4.79 Å². The van der Waals surface area contributed by atoms with E-state index < -0.39 is 0 Å². The molecule has 0 saturated heterocycles. The minimum absolute atomic E-state index is 0.0935. The van der Waals surface area contributed by atoms with Gasteiger partial charge in [-0.15, -0.1) is 0 Å². The molecule has 0 saturated carbocycles. The first-order chi connectivity index (χ1) is 11.1. The van der Waals surface area contributed by atoms with Gasteiger partial charge in [0.25, 0.3) is 0 Å². The second kappa shape index (κ2) is 6.59. The zero-order valence-electron chi connectivity index (χ0n) is 12.9. The second-order valence-electron chi connectivity index (χ2n) is 4.92. The van der Waals surface area contributed by atoms with E-state index in [0.717, 1.165) is 21.1 Å². The number of fused-ring (bicyclic) bond motifs is 1. The van der Waals surface area contributed by atoms with Gasteiger partial charge in [0.1, 0.15) is 5.75 Å². The van der Waals surface area contributed by atoms with Crippen LogP contribution in [0.4, 0.5) is 5.13 Å². The molecule has 6 nitrogen and oxygen atoms in total. The van der Waals surface area contributed by atoms with Gasteiger partial charge in [0, 0.05) is 19.4 Å². The zero-order chi connectivity index (χ0) is 16.4. The zero-order valence-corrected chi connectivity index (χ0v) is 14.6. The highest BCUT2D eigenvalue weighted by atomic mass is 32.2. The SMILES string of the molecule is COc1ccc2nc(NC(=O)C(C)Sc3nccn3C)sc2c1. The van der Waals surface area contributed by atoms with Gasteiger partial charge in [0.2, 0.25) is 5.91 Å². The molecule has 0 aliphatic rings. The van der Waals surface area contributed by atoms with Crippen LogP contribution in [0.1, 0.15) is 6.92 Å². The number of thioether (sulfide) groups is 1. The quantitative estimate of drug-likeness (QED) is 0.717. The van der Waals surface area contributed by atoms with Crippen LogP contribution in [0.5, 0.6) is 5.75 Å². The lowest BCUT2D eigenvalue weighted by molar-refractivity contribution is -0.115. The minimum Gasteiger partial charge on any atom is -0.497 e. The van der Waals surface area contributed by atoms with Crippen LogP contribution in [0.2, 0.25) is 0 Å². The van der Waals surface area contributed by atoms with Crippen molar-refractivity contribution in [3.63, 3.8) is 0 Å². The molecule has 0 aliphatic heterocycles. The number of nitrogens with zero attached hydrogens (tertiary/aromatic N) is 3. The van der Waals surface area contributed by atoms with Crippen molar-refractivity contribution in [1.29, 1.82) is 0 Å². The Hall–Kier alpha value is -2.06. The Bertz CT molecular complexity index is 843. The van der Waals surface area contributed by atoms with Gasteiger partial charge in [-0.1, -0.05) is 23.1 Å². The van der Waals surface area contributed by atoms with E-state index in [1.165, 1.54) is 23.1 Å². The molecule has 8 heteroatoms. The fourth-order valence-electron chi connectivity index (χ4n) is 1.97. The molecule has 120 valence electrons. The number of nitrogens with one attached hydrogen (secondary N) is 1. The number of methoxy groups -OCH3 is 1. The van der Waals surface area contributed by atoms with Gasteiger partial charge in [-0.2, -0.15) is 0 Å². The van der Waals surface area contributed by atoms with Crippen LogP contribution in [0.15, 0.2) is 35.7 Å². The van der Waals surface area contributed by atoms with E-state index in [0.29, 0.717) is 5.13 Å². The molecule has 23 heavy (non-hydrogen) atoms. The summed E-state index contributed by atoms with van der Waals surface area (Å²) in [5.74, 6) is 0.682. The third-order valence-electron chi connectivity index (χ3n) is 3.25. The first-order valence-corrected chi connectivity index (χ1v) is 8.66. The van der Waals surface area contributed by atoms with Gasteiger partial charge in [0.05, 0.1) is 22.6 Å². The molecular formula is C15H16N4O2S2. The molecule has 0 aliphatic carbocycles. The van der Waals surface area contributed by atoms with E-state index in [-0.39, 0.29) is 11.2 Å². The van der Waals surface area contributed by atoms with Crippen LogP contribution in [0.3, 0.4) is 0 Å². The molecule has 0 spiro atoms. The maximum Gasteiger partial charge on any atom is 0.239 e. The summed E-state index contributed by atoms with van der Waals surface area (Å²) in [7, 11) is 3.53. The lowest BCUT2D eigenvalue weighted by Gasteiger charge is -2.09. The first kappa shape index (κ1) is 15.8. The Morgan fingerprint density at radius 1 is 1.48 bits per heavy atom. The number of hydrogen-bond acceptors (Lipinski definition) is 6. The van der Waals surface area contributed by atoms with Crippen molar-refractivity contribution in [3.05, 3.63) is 30.6 Å². The average molecular weight is 348 g/mol. The van der Waals surface area contributed by atoms with Crippen LogP contribution >= 0.6 is 23.1 Å². The topological polar surface area (TPSA) is 69.0 Å². The third kappa shape index (κ3) is 3.48. The largest absolute Gasteiger partial charge is 0.497 e. The van der Waals surface area contributed by atoms with Crippen LogP contribution < -0.4 is 10.1 Å². The molecular weight excluding hydrogens is 332 g/mol. The monoisotopic (exact) mass is 348 g/mol. The molecule has 0 radical (unpaired) electrons. The highest BCUT2D eigenvalue weighted by Crippen LogP contribution is 2.30. The summed E-state index contributed by atoms with van der Waals surface area (Å²) in [5.41, 5.74) is 0.843. The molecule has 0 bridgehead atoms. The number of carbonyl (C=O) groups excluding carboxylic acids is 1. The average Bonchev–Trinajstić information content (AvgIpc) is 3.12. The lowest BCUT2D eigenvalue weighted by Crippen LogP contribution is -2.22. The molecule has 1 amide bonds.